The molecule has 2 nitrogen and oxygen atoms in total. The normalized spacial score (nSPS) is 27.3. The van der Waals surface area contributed by atoms with Crippen molar-refractivity contribution in [3.63, 3.8) is 0 Å². The summed E-state index contributed by atoms with van der Waals surface area (Å²) in [5.74, 6) is 2.74. The second-order valence-electron chi connectivity index (χ2n) is 6.86. The molecule has 0 saturated heterocycles. The van der Waals surface area contributed by atoms with E-state index < -0.39 is 0 Å². The highest BCUT2D eigenvalue weighted by molar-refractivity contribution is 5.31. The van der Waals surface area contributed by atoms with Gasteiger partial charge in [0.05, 0.1) is 6.10 Å². The molecule has 3 atom stereocenters. The minimum Gasteiger partial charge on any atom is -0.490 e. The largest absolute Gasteiger partial charge is 0.490 e. The third-order valence-corrected chi connectivity index (χ3v) is 5.23. The molecule has 2 fully saturated rings. The predicted octanol–water partition coefficient (Wildman–Crippen LogP) is 4.70. The van der Waals surface area contributed by atoms with E-state index in [1.54, 1.807) is 0 Å². The summed E-state index contributed by atoms with van der Waals surface area (Å²) >= 11 is 0. The van der Waals surface area contributed by atoms with Gasteiger partial charge in [-0.3, -0.25) is 0 Å². The standard InChI is InChI=1S/C19H29NO/c1-3-14-6-4-7-15(12-14)19(20-2)16-8-5-9-18(13-16)21-17-10-11-17/h5,8-9,13-15,17,19-20H,3-4,6-7,10-12H2,1-2H3. The van der Waals surface area contributed by atoms with Crippen LogP contribution >= 0.6 is 0 Å². The monoisotopic (exact) mass is 287 g/mol. The third kappa shape index (κ3) is 3.79. The smallest absolute Gasteiger partial charge is 0.120 e. The van der Waals surface area contributed by atoms with Crippen molar-refractivity contribution in [1.29, 1.82) is 0 Å². The summed E-state index contributed by atoms with van der Waals surface area (Å²) in [5.41, 5.74) is 1.40. The van der Waals surface area contributed by atoms with Gasteiger partial charge in [-0.2, -0.15) is 0 Å². The Bertz CT molecular complexity index is 455. The van der Waals surface area contributed by atoms with Crippen LogP contribution in [-0.4, -0.2) is 13.2 Å². The van der Waals surface area contributed by atoms with Crippen molar-refractivity contribution < 1.29 is 4.74 Å². The molecule has 3 rings (SSSR count). The highest BCUT2D eigenvalue weighted by Crippen LogP contribution is 2.39. The molecule has 21 heavy (non-hydrogen) atoms. The van der Waals surface area contributed by atoms with Crippen molar-refractivity contribution in [3.8, 4) is 5.75 Å². The number of rotatable bonds is 6. The lowest BCUT2D eigenvalue weighted by Gasteiger charge is -2.34. The fourth-order valence-electron chi connectivity index (χ4n) is 3.84. The van der Waals surface area contributed by atoms with Gasteiger partial charge in [0.15, 0.2) is 0 Å². The lowest BCUT2D eigenvalue weighted by atomic mass is 9.75. The van der Waals surface area contributed by atoms with Crippen LogP contribution in [-0.2, 0) is 0 Å². The number of nitrogens with one attached hydrogen (secondary N) is 1. The van der Waals surface area contributed by atoms with E-state index in [-0.39, 0.29) is 0 Å². The number of ether oxygens (including phenoxy) is 1. The van der Waals surface area contributed by atoms with E-state index in [4.69, 9.17) is 4.74 Å². The second-order valence-corrected chi connectivity index (χ2v) is 6.86. The first-order chi connectivity index (χ1) is 10.3. The highest BCUT2D eigenvalue weighted by Gasteiger charge is 2.28. The second kappa shape index (κ2) is 6.83. The van der Waals surface area contributed by atoms with Gasteiger partial charge in [-0.1, -0.05) is 38.3 Å². The molecule has 2 saturated carbocycles. The Kier molecular flexibility index (Phi) is 4.84. The predicted molar refractivity (Wildman–Crippen MR) is 87.6 cm³/mol. The summed E-state index contributed by atoms with van der Waals surface area (Å²) in [4.78, 5) is 0. The fraction of sp³-hybridized carbons (Fsp3) is 0.684. The van der Waals surface area contributed by atoms with E-state index in [2.05, 4.69) is 43.6 Å². The summed E-state index contributed by atoms with van der Waals surface area (Å²) in [6.07, 6.45) is 9.80. The van der Waals surface area contributed by atoms with Crippen molar-refractivity contribution in [3.05, 3.63) is 29.8 Å². The molecule has 0 radical (unpaired) electrons. The molecule has 2 heteroatoms. The average Bonchev–Trinajstić information content (AvgIpc) is 3.33. The first kappa shape index (κ1) is 14.9. The van der Waals surface area contributed by atoms with Gasteiger partial charge >= 0.3 is 0 Å². The summed E-state index contributed by atoms with van der Waals surface area (Å²) in [7, 11) is 2.11. The van der Waals surface area contributed by atoms with Crippen LogP contribution < -0.4 is 10.1 Å². The summed E-state index contributed by atoms with van der Waals surface area (Å²) in [5, 5.41) is 3.57. The van der Waals surface area contributed by atoms with Crippen LogP contribution in [0.5, 0.6) is 5.75 Å². The molecule has 0 spiro atoms. The maximum atomic E-state index is 5.96. The van der Waals surface area contributed by atoms with Crippen LogP contribution in [0, 0.1) is 11.8 Å². The van der Waals surface area contributed by atoms with Crippen LogP contribution in [0.15, 0.2) is 24.3 Å². The van der Waals surface area contributed by atoms with Crippen LogP contribution in [0.1, 0.15) is 63.5 Å². The van der Waals surface area contributed by atoms with Gasteiger partial charge in [-0.05, 0) is 62.3 Å². The first-order valence-corrected chi connectivity index (χ1v) is 8.74. The van der Waals surface area contributed by atoms with E-state index in [9.17, 15) is 0 Å². The third-order valence-electron chi connectivity index (χ3n) is 5.23. The SMILES string of the molecule is CCC1CCCC(C(NC)c2cccc(OC3CC3)c2)C1. The molecule has 2 aliphatic carbocycles. The molecular formula is C19H29NO. The zero-order valence-electron chi connectivity index (χ0n) is 13.5. The lowest BCUT2D eigenvalue weighted by Crippen LogP contribution is -2.29. The quantitative estimate of drug-likeness (QED) is 0.818. The van der Waals surface area contributed by atoms with Gasteiger partial charge in [0.25, 0.3) is 0 Å². The van der Waals surface area contributed by atoms with Crippen molar-refractivity contribution in [2.24, 2.45) is 11.8 Å². The van der Waals surface area contributed by atoms with Gasteiger partial charge in [0.2, 0.25) is 0 Å². The Labute approximate surface area is 129 Å². The summed E-state index contributed by atoms with van der Waals surface area (Å²) in [6.45, 7) is 2.34. The molecular weight excluding hydrogens is 258 g/mol. The zero-order valence-corrected chi connectivity index (χ0v) is 13.5. The number of hydrogen-bond acceptors (Lipinski definition) is 2. The van der Waals surface area contributed by atoms with Crippen molar-refractivity contribution in [2.75, 3.05) is 7.05 Å². The number of benzene rings is 1. The Hall–Kier alpha value is -1.02. The minimum absolute atomic E-state index is 0.474. The molecule has 3 unspecified atom stereocenters. The molecule has 0 aliphatic heterocycles. The van der Waals surface area contributed by atoms with Gasteiger partial charge < -0.3 is 10.1 Å². The maximum Gasteiger partial charge on any atom is 0.120 e. The van der Waals surface area contributed by atoms with E-state index in [1.807, 2.05) is 0 Å². The zero-order chi connectivity index (χ0) is 14.7. The van der Waals surface area contributed by atoms with E-state index in [0.717, 1.165) is 17.6 Å². The molecule has 2 aliphatic rings. The van der Waals surface area contributed by atoms with Crippen LogP contribution in [0.2, 0.25) is 0 Å². The topological polar surface area (TPSA) is 21.3 Å². The molecule has 1 aromatic carbocycles. The average molecular weight is 287 g/mol. The van der Waals surface area contributed by atoms with Crippen LogP contribution in [0.4, 0.5) is 0 Å². The molecule has 0 heterocycles. The highest BCUT2D eigenvalue weighted by atomic mass is 16.5. The minimum atomic E-state index is 0.474. The lowest BCUT2D eigenvalue weighted by molar-refractivity contribution is 0.214. The van der Waals surface area contributed by atoms with Gasteiger partial charge in [-0.25, -0.2) is 0 Å². The molecule has 0 amide bonds. The summed E-state index contributed by atoms with van der Waals surface area (Å²) in [6, 6.07) is 9.25. The Balaban J connectivity index is 1.72. The number of hydrogen-bond donors (Lipinski definition) is 1. The Morgan fingerprint density at radius 3 is 2.81 bits per heavy atom. The van der Waals surface area contributed by atoms with Gasteiger partial charge in [-0.15, -0.1) is 0 Å². The molecule has 116 valence electrons. The van der Waals surface area contributed by atoms with Crippen LogP contribution in [0.25, 0.3) is 0 Å². The molecule has 1 N–H and O–H groups in total. The van der Waals surface area contributed by atoms with E-state index in [1.165, 1.54) is 50.5 Å². The summed E-state index contributed by atoms with van der Waals surface area (Å²) < 4.78 is 5.96. The van der Waals surface area contributed by atoms with E-state index >= 15 is 0 Å². The fourth-order valence-corrected chi connectivity index (χ4v) is 3.84. The Morgan fingerprint density at radius 2 is 2.10 bits per heavy atom. The van der Waals surface area contributed by atoms with Gasteiger partial charge in [0.1, 0.15) is 5.75 Å². The van der Waals surface area contributed by atoms with Crippen molar-refractivity contribution in [1.82, 2.24) is 5.32 Å². The molecule has 0 aromatic heterocycles. The molecule has 0 bridgehead atoms. The van der Waals surface area contributed by atoms with Crippen LogP contribution in [0.3, 0.4) is 0 Å². The maximum absolute atomic E-state index is 5.96. The van der Waals surface area contributed by atoms with Crippen molar-refractivity contribution in [2.45, 2.75) is 64.0 Å². The van der Waals surface area contributed by atoms with Crippen molar-refractivity contribution >= 4 is 0 Å². The molecule has 1 aromatic rings. The Morgan fingerprint density at radius 1 is 1.24 bits per heavy atom. The first-order valence-electron chi connectivity index (χ1n) is 8.74. The van der Waals surface area contributed by atoms with Gasteiger partial charge in [0, 0.05) is 6.04 Å². The van der Waals surface area contributed by atoms with E-state index in [0.29, 0.717) is 12.1 Å².